The number of amides is 1. The molecule has 0 unspecified atom stereocenters. The first-order chi connectivity index (χ1) is 16.0. The standard InChI is InChI=1S/C25H23BrN2O5/c1-3-14-32-22-11-4-17(5-12-22)24(29)28-27-16-19-15-20(26)8-13-23(19)33-25(30)18-6-9-21(31-2)10-7-18/h4-13,15-16H,3,14H2,1-2H3,(H,28,29)/b27-16+. The average Bonchev–Trinajstić information content (AvgIpc) is 2.84. The number of nitrogens with zero attached hydrogens (tertiary/aromatic N) is 1. The number of carbonyl (C=O) groups is 2. The summed E-state index contributed by atoms with van der Waals surface area (Å²) in [5, 5.41) is 4.01. The third kappa shape index (κ3) is 6.92. The number of hydrogen-bond acceptors (Lipinski definition) is 6. The minimum atomic E-state index is -0.524. The molecule has 0 aromatic heterocycles. The van der Waals surface area contributed by atoms with Crippen molar-refractivity contribution in [2.24, 2.45) is 5.10 Å². The Labute approximate surface area is 200 Å². The van der Waals surface area contributed by atoms with Crippen molar-refractivity contribution in [1.29, 1.82) is 0 Å². The molecule has 3 aromatic rings. The molecule has 0 radical (unpaired) electrons. The molecule has 7 nitrogen and oxygen atoms in total. The highest BCUT2D eigenvalue weighted by molar-refractivity contribution is 9.10. The lowest BCUT2D eigenvalue weighted by Gasteiger charge is -2.09. The van der Waals surface area contributed by atoms with Gasteiger partial charge in [-0.25, -0.2) is 10.2 Å². The van der Waals surface area contributed by atoms with E-state index in [9.17, 15) is 9.59 Å². The molecule has 33 heavy (non-hydrogen) atoms. The Hall–Kier alpha value is -3.65. The van der Waals surface area contributed by atoms with Crippen LogP contribution in [0.2, 0.25) is 0 Å². The van der Waals surface area contributed by atoms with Crippen LogP contribution in [-0.2, 0) is 0 Å². The van der Waals surface area contributed by atoms with Gasteiger partial charge >= 0.3 is 5.97 Å². The Morgan fingerprint density at radius 3 is 2.30 bits per heavy atom. The van der Waals surface area contributed by atoms with Gasteiger partial charge in [0.1, 0.15) is 17.2 Å². The van der Waals surface area contributed by atoms with Crippen molar-refractivity contribution in [3.8, 4) is 17.2 Å². The summed E-state index contributed by atoms with van der Waals surface area (Å²) in [6.07, 6.45) is 2.32. The van der Waals surface area contributed by atoms with Crippen molar-refractivity contribution in [3.63, 3.8) is 0 Å². The summed E-state index contributed by atoms with van der Waals surface area (Å²) in [7, 11) is 1.55. The molecule has 0 fully saturated rings. The van der Waals surface area contributed by atoms with Gasteiger partial charge in [-0.2, -0.15) is 5.10 Å². The third-order valence-corrected chi connectivity index (χ3v) is 4.95. The van der Waals surface area contributed by atoms with Crippen LogP contribution < -0.4 is 19.6 Å². The Balaban J connectivity index is 1.67. The van der Waals surface area contributed by atoms with E-state index in [0.717, 1.165) is 10.9 Å². The fourth-order valence-corrected chi connectivity index (χ4v) is 3.13. The minimum absolute atomic E-state index is 0.300. The van der Waals surface area contributed by atoms with E-state index in [0.29, 0.717) is 40.5 Å². The van der Waals surface area contributed by atoms with E-state index < -0.39 is 5.97 Å². The van der Waals surface area contributed by atoms with Gasteiger partial charge in [0.25, 0.3) is 5.91 Å². The smallest absolute Gasteiger partial charge is 0.343 e. The maximum atomic E-state index is 12.5. The van der Waals surface area contributed by atoms with Gasteiger partial charge in [-0.1, -0.05) is 22.9 Å². The molecule has 0 aliphatic rings. The zero-order valence-corrected chi connectivity index (χ0v) is 19.8. The van der Waals surface area contributed by atoms with E-state index in [2.05, 4.69) is 26.5 Å². The lowest BCUT2D eigenvalue weighted by Crippen LogP contribution is -2.17. The second-order valence-electron chi connectivity index (χ2n) is 6.87. The number of halogens is 1. The molecule has 0 bridgehead atoms. The second-order valence-corrected chi connectivity index (χ2v) is 7.79. The fraction of sp³-hybridized carbons (Fsp3) is 0.160. The number of ether oxygens (including phenoxy) is 3. The lowest BCUT2D eigenvalue weighted by molar-refractivity contribution is 0.0734. The molecule has 0 aliphatic heterocycles. The van der Waals surface area contributed by atoms with Crippen molar-refractivity contribution < 1.29 is 23.8 Å². The van der Waals surface area contributed by atoms with Gasteiger partial charge in [-0.3, -0.25) is 4.79 Å². The maximum Gasteiger partial charge on any atom is 0.343 e. The van der Waals surface area contributed by atoms with Gasteiger partial charge in [0.2, 0.25) is 0 Å². The van der Waals surface area contributed by atoms with Gasteiger partial charge < -0.3 is 14.2 Å². The highest BCUT2D eigenvalue weighted by Gasteiger charge is 2.12. The molecule has 0 heterocycles. The number of carbonyl (C=O) groups excluding carboxylic acids is 2. The Morgan fingerprint density at radius 2 is 1.64 bits per heavy atom. The summed E-state index contributed by atoms with van der Waals surface area (Å²) in [5.41, 5.74) is 3.80. The quantitative estimate of drug-likeness (QED) is 0.184. The molecule has 3 rings (SSSR count). The van der Waals surface area contributed by atoms with Crippen LogP contribution in [0.15, 0.2) is 76.3 Å². The van der Waals surface area contributed by atoms with Crippen molar-refractivity contribution in [2.45, 2.75) is 13.3 Å². The van der Waals surface area contributed by atoms with Crippen LogP contribution in [0, 0.1) is 0 Å². The molecular weight excluding hydrogens is 488 g/mol. The number of methoxy groups -OCH3 is 1. The summed E-state index contributed by atoms with van der Waals surface area (Å²) in [6, 6.07) is 18.5. The van der Waals surface area contributed by atoms with E-state index in [-0.39, 0.29) is 5.91 Å². The van der Waals surface area contributed by atoms with Crippen LogP contribution in [0.1, 0.15) is 39.6 Å². The summed E-state index contributed by atoms with van der Waals surface area (Å²) >= 11 is 3.39. The molecule has 8 heteroatoms. The number of rotatable bonds is 9. The number of esters is 1. The first-order valence-electron chi connectivity index (χ1n) is 10.2. The van der Waals surface area contributed by atoms with Crippen molar-refractivity contribution in [2.75, 3.05) is 13.7 Å². The summed E-state index contributed by atoms with van der Waals surface area (Å²) in [4.78, 5) is 24.9. The lowest BCUT2D eigenvalue weighted by atomic mass is 10.2. The van der Waals surface area contributed by atoms with Crippen LogP contribution in [0.3, 0.4) is 0 Å². The van der Waals surface area contributed by atoms with Crippen LogP contribution in [0.5, 0.6) is 17.2 Å². The van der Waals surface area contributed by atoms with Gasteiger partial charge in [0, 0.05) is 15.6 Å². The van der Waals surface area contributed by atoms with Gasteiger partial charge in [0.05, 0.1) is 25.5 Å². The largest absolute Gasteiger partial charge is 0.497 e. The molecule has 1 amide bonds. The van der Waals surface area contributed by atoms with E-state index in [1.54, 1.807) is 73.8 Å². The molecule has 0 spiro atoms. The van der Waals surface area contributed by atoms with Crippen LogP contribution in [0.4, 0.5) is 0 Å². The SMILES string of the molecule is CCCOc1ccc(C(=O)N/N=C/c2cc(Br)ccc2OC(=O)c2ccc(OC)cc2)cc1. The molecule has 0 saturated heterocycles. The van der Waals surface area contributed by atoms with Crippen LogP contribution in [-0.4, -0.2) is 31.8 Å². The van der Waals surface area contributed by atoms with Crippen molar-refractivity contribution in [1.82, 2.24) is 5.43 Å². The highest BCUT2D eigenvalue weighted by Crippen LogP contribution is 2.23. The summed E-state index contributed by atoms with van der Waals surface area (Å²) in [5.74, 6) is 0.745. The second kappa shape index (κ2) is 11.8. The first-order valence-corrected chi connectivity index (χ1v) is 11.0. The van der Waals surface area contributed by atoms with E-state index in [1.807, 2.05) is 6.92 Å². The summed E-state index contributed by atoms with van der Waals surface area (Å²) in [6.45, 7) is 2.64. The fourth-order valence-electron chi connectivity index (χ4n) is 2.75. The normalized spacial score (nSPS) is 10.6. The predicted molar refractivity (Wildman–Crippen MR) is 129 cm³/mol. The zero-order valence-electron chi connectivity index (χ0n) is 18.2. The van der Waals surface area contributed by atoms with E-state index in [4.69, 9.17) is 14.2 Å². The first kappa shape index (κ1) is 24.0. The van der Waals surface area contributed by atoms with Crippen molar-refractivity contribution in [3.05, 3.63) is 87.9 Å². The van der Waals surface area contributed by atoms with E-state index in [1.165, 1.54) is 6.21 Å². The van der Waals surface area contributed by atoms with E-state index >= 15 is 0 Å². The molecule has 0 saturated carbocycles. The maximum absolute atomic E-state index is 12.5. The summed E-state index contributed by atoms with van der Waals surface area (Å²) < 4.78 is 16.9. The van der Waals surface area contributed by atoms with Gasteiger partial charge in [-0.05, 0) is 73.2 Å². The molecule has 170 valence electrons. The molecule has 0 aliphatic carbocycles. The highest BCUT2D eigenvalue weighted by atomic mass is 79.9. The molecule has 0 atom stereocenters. The molecule has 3 aromatic carbocycles. The Bertz CT molecular complexity index is 1130. The van der Waals surface area contributed by atoms with Crippen LogP contribution >= 0.6 is 15.9 Å². The monoisotopic (exact) mass is 510 g/mol. The Morgan fingerprint density at radius 1 is 0.970 bits per heavy atom. The third-order valence-electron chi connectivity index (χ3n) is 4.46. The average molecular weight is 511 g/mol. The van der Waals surface area contributed by atoms with Crippen molar-refractivity contribution >= 4 is 34.0 Å². The molecular formula is C25H23BrN2O5. The topological polar surface area (TPSA) is 86.2 Å². The minimum Gasteiger partial charge on any atom is -0.497 e. The van der Waals surface area contributed by atoms with Gasteiger partial charge in [0.15, 0.2) is 0 Å². The zero-order chi connectivity index (χ0) is 23.6. The number of hydrogen-bond donors (Lipinski definition) is 1. The number of hydrazone groups is 1. The predicted octanol–water partition coefficient (Wildman–Crippen LogP) is 5.23. The number of benzene rings is 3. The molecule has 1 N–H and O–H groups in total. The van der Waals surface area contributed by atoms with Crippen LogP contribution in [0.25, 0.3) is 0 Å². The Kier molecular flexibility index (Phi) is 8.60. The van der Waals surface area contributed by atoms with Gasteiger partial charge in [-0.15, -0.1) is 0 Å². The number of nitrogens with one attached hydrogen (secondary N) is 1.